The maximum atomic E-state index is 13.1. The summed E-state index contributed by atoms with van der Waals surface area (Å²) in [6, 6.07) is 7.12. The zero-order chi connectivity index (χ0) is 21.5. The van der Waals surface area contributed by atoms with Crippen LogP contribution in [0.3, 0.4) is 0 Å². The van der Waals surface area contributed by atoms with Gasteiger partial charge in [0.1, 0.15) is 11.6 Å². The number of thioether (sulfide) groups is 1. The molecule has 2 atom stereocenters. The van der Waals surface area contributed by atoms with Crippen molar-refractivity contribution >= 4 is 23.5 Å². The number of benzene rings is 1. The molecule has 0 radical (unpaired) electrons. The number of hydrogen-bond acceptors (Lipinski definition) is 7. The summed E-state index contributed by atoms with van der Waals surface area (Å²) in [5.74, 6) is 1.06. The number of Topliss-reactive ketones (excluding diaryl/α,β-unsaturated/α-hetero) is 1. The lowest BCUT2D eigenvalue weighted by Crippen LogP contribution is -2.21. The number of ether oxygens (including phenoxy) is 2. The largest absolute Gasteiger partial charge is 0.497 e. The van der Waals surface area contributed by atoms with E-state index < -0.39 is 0 Å². The Bertz CT molecular complexity index is 862. The van der Waals surface area contributed by atoms with Crippen molar-refractivity contribution in [3.8, 4) is 5.75 Å². The Hall–Kier alpha value is -2.39. The molecule has 2 heterocycles. The van der Waals surface area contributed by atoms with Gasteiger partial charge in [-0.25, -0.2) is 0 Å². The predicted octanol–water partition coefficient (Wildman–Crippen LogP) is 2.64. The van der Waals surface area contributed by atoms with E-state index in [1.165, 1.54) is 11.8 Å². The van der Waals surface area contributed by atoms with Gasteiger partial charge in [0.05, 0.1) is 25.0 Å². The molecule has 9 heteroatoms. The van der Waals surface area contributed by atoms with Crippen LogP contribution < -0.4 is 10.5 Å². The summed E-state index contributed by atoms with van der Waals surface area (Å²) in [5.41, 5.74) is 5.94. The van der Waals surface area contributed by atoms with Gasteiger partial charge in [-0.1, -0.05) is 18.7 Å². The third-order valence-corrected chi connectivity index (χ3v) is 6.43. The van der Waals surface area contributed by atoms with Gasteiger partial charge in [0.15, 0.2) is 10.9 Å². The van der Waals surface area contributed by atoms with Crippen molar-refractivity contribution in [1.29, 1.82) is 0 Å². The smallest absolute Gasteiger partial charge is 0.217 e. The first-order valence-corrected chi connectivity index (χ1v) is 11.1. The Kier molecular flexibility index (Phi) is 7.87. The molecule has 0 saturated carbocycles. The highest BCUT2D eigenvalue weighted by Crippen LogP contribution is 2.29. The number of ketones is 1. The van der Waals surface area contributed by atoms with Crippen molar-refractivity contribution in [3.05, 3.63) is 35.7 Å². The van der Waals surface area contributed by atoms with Gasteiger partial charge in [-0.2, -0.15) is 0 Å². The first kappa shape index (κ1) is 22.3. The van der Waals surface area contributed by atoms with E-state index in [9.17, 15) is 9.59 Å². The summed E-state index contributed by atoms with van der Waals surface area (Å²) in [7, 11) is 1.60. The van der Waals surface area contributed by atoms with Crippen molar-refractivity contribution in [1.82, 2.24) is 14.8 Å². The van der Waals surface area contributed by atoms with Crippen LogP contribution in [0.15, 0.2) is 29.4 Å². The minimum absolute atomic E-state index is 0.0375. The molecule has 1 aliphatic heterocycles. The second-order valence-corrected chi connectivity index (χ2v) is 8.39. The first-order valence-electron chi connectivity index (χ1n) is 10.2. The maximum Gasteiger partial charge on any atom is 0.217 e. The first-order chi connectivity index (χ1) is 14.5. The molecule has 1 aliphatic rings. The van der Waals surface area contributed by atoms with E-state index in [-0.39, 0.29) is 29.5 Å². The molecule has 0 spiro atoms. The maximum absolute atomic E-state index is 13.1. The van der Waals surface area contributed by atoms with E-state index in [0.717, 1.165) is 19.4 Å². The van der Waals surface area contributed by atoms with Gasteiger partial charge in [-0.05, 0) is 43.5 Å². The lowest BCUT2D eigenvalue weighted by molar-refractivity contribution is -0.118. The Morgan fingerprint density at radius 2 is 2.10 bits per heavy atom. The molecule has 1 fully saturated rings. The topological polar surface area (TPSA) is 109 Å². The number of carbonyl (C=O) groups excluding carboxylic acids is 2. The average Bonchev–Trinajstić information content (AvgIpc) is 3.40. The van der Waals surface area contributed by atoms with Crippen LogP contribution in [-0.2, 0) is 22.5 Å². The van der Waals surface area contributed by atoms with Crippen LogP contribution in [0.2, 0.25) is 0 Å². The number of aromatic nitrogens is 3. The summed E-state index contributed by atoms with van der Waals surface area (Å²) in [4.78, 5) is 24.3. The molecule has 2 aromatic rings. The molecule has 30 heavy (non-hydrogen) atoms. The summed E-state index contributed by atoms with van der Waals surface area (Å²) in [5, 5.41) is 8.97. The van der Waals surface area contributed by atoms with Gasteiger partial charge in [-0.3, -0.25) is 9.59 Å². The Morgan fingerprint density at radius 3 is 2.70 bits per heavy atom. The predicted molar refractivity (Wildman–Crippen MR) is 114 cm³/mol. The highest BCUT2D eigenvalue weighted by Gasteiger charge is 2.26. The van der Waals surface area contributed by atoms with Crippen LogP contribution in [0.4, 0.5) is 0 Å². The fraction of sp³-hybridized carbons (Fsp3) is 0.524. The van der Waals surface area contributed by atoms with E-state index in [1.54, 1.807) is 31.4 Å². The van der Waals surface area contributed by atoms with Crippen molar-refractivity contribution in [2.45, 2.75) is 62.1 Å². The Labute approximate surface area is 180 Å². The molecule has 1 amide bonds. The van der Waals surface area contributed by atoms with Gasteiger partial charge in [0, 0.05) is 25.0 Å². The summed E-state index contributed by atoms with van der Waals surface area (Å²) >= 11 is 1.40. The summed E-state index contributed by atoms with van der Waals surface area (Å²) < 4.78 is 12.9. The van der Waals surface area contributed by atoms with E-state index in [2.05, 4.69) is 10.2 Å². The van der Waals surface area contributed by atoms with Crippen LogP contribution >= 0.6 is 11.8 Å². The number of primary amides is 1. The molecule has 1 aromatic heterocycles. The average molecular weight is 433 g/mol. The van der Waals surface area contributed by atoms with E-state index >= 15 is 0 Å². The second kappa shape index (κ2) is 10.6. The van der Waals surface area contributed by atoms with Crippen LogP contribution in [0.5, 0.6) is 5.75 Å². The lowest BCUT2D eigenvalue weighted by atomic mass is 10.1. The zero-order valence-corrected chi connectivity index (χ0v) is 18.2. The highest BCUT2D eigenvalue weighted by atomic mass is 32.2. The monoisotopic (exact) mass is 432 g/mol. The number of nitrogens with two attached hydrogens (primary N) is 1. The number of aryl methyl sites for hydroxylation is 1. The van der Waals surface area contributed by atoms with Crippen molar-refractivity contribution in [3.63, 3.8) is 0 Å². The SMILES string of the molecule is CCC(Sc1nnc(CCC(N)=O)n1CC1CCCO1)C(=O)c1ccc(OC)cc1. The van der Waals surface area contributed by atoms with Gasteiger partial charge in [0.2, 0.25) is 5.91 Å². The fourth-order valence-corrected chi connectivity index (χ4v) is 4.45. The molecule has 1 aromatic carbocycles. The normalized spacial score (nSPS) is 17.1. The minimum atomic E-state index is -0.378. The Morgan fingerprint density at radius 1 is 1.33 bits per heavy atom. The van der Waals surface area contributed by atoms with Gasteiger partial charge < -0.3 is 19.8 Å². The van der Waals surface area contributed by atoms with Crippen LogP contribution in [0, 0.1) is 0 Å². The summed E-state index contributed by atoms with van der Waals surface area (Å²) in [6.07, 6.45) is 3.36. The van der Waals surface area contributed by atoms with Crippen molar-refractivity contribution in [2.24, 2.45) is 5.73 Å². The standard InChI is InChI=1S/C21H28N4O4S/c1-3-17(20(27)14-6-8-15(28-2)9-7-14)30-21-24-23-19(11-10-18(22)26)25(21)13-16-5-4-12-29-16/h6-9,16-17H,3-5,10-13H2,1-2H3,(H2,22,26). The molecule has 3 rings (SSSR count). The van der Waals surface area contributed by atoms with Crippen LogP contribution in [0.25, 0.3) is 0 Å². The molecular weight excluding hydrogens is 404 g/mol. The molecule has 162 valence electrons. The minimum Gasteiger partial charge on any atom is -0.497 e. The van der Waals surface area contributed by atoms with Crippen LogP contribution in [-0.4, -0.2) is 51.5 Å². The molecule has 0 aliphatic carbocycles. The molecular formula is C21H28N4O4S. The molecule has 0 bridgehead atoms. The van der Waals surface area contributed by atoms with Crippen LogP contribution in [0.1, 0.15) is 48.8 Å². The fourth-order valence-electron chi connectivity index (χ4n) is 3.39. The van der Waals surface area contributed by atoms with Crippen molar-refractivity contribution < 1.29 is 19.1 Å². The molecule has 1 saturated heterocycles. The second-order valence-electron chi connectivity index (χ2n) is 7.22. The Balaban J connectivity index is 1.79. The van der Waals surface area contributed by atoms with Gasteiger partial charge in [-0.15, -0.1) is 10.2 Å². The van der Waals surface area contributed by atoms with E-state index in [0.29, 0.717) is 41.7 Å². The number of methoxy groups -OCH3 is 1. The molecule has 2 unspecified atom stereocenters. The zero-order valence-electron chi connectivity index (χ0n) is 17.4. The van der Waals surface area contributed by atoms with Crippen molar-refractivity contribution in [2.75, 3.05) is 13.7 Å². The van der Waals surface area contributed by atoms with E-state index in [1.807, 2.05) is 11.5 Å². The quantitative estimate of drug-likeness (QED) is 0.429. The summed E-state index contributed by atoms with van der Waals surface area (Å²) in [6.45, 7) is 3.34. The number of rotatable bonds is 11. The molecule has 2 N–H and O–H groups in total. The highest BCUT2D eigenvalue weighted by molar-refractivity contribution is 8.00. The number of hydrogen-bond donors (Lipinski definition) is 1. The lowest BCUT2D eigenvalue weighted by Gasteiger charge is -2.17. The molecule has 8 nitrogen and oxygen atoms in total. The third kappa shape index (κ3) is 5.60. The van der Waals surface area contributed by atoms with Gasteiger partial charge in [0.25, 0.3) is 0 Å². The number of carbonyl (C=O) groups is 2. The van der Waals surface area contributed by atoms with E-state index in [4.69, 9.17) is 15.2 Å². The third-order valence-electron chi connectivity index (χ3n) is 5.08. The van der Waals surface area contributed by atoms with Gasteiger partial charge >= 0.3 is 0 Å². The number of nitrogens with zero attached hydrogens (tertiary/aromatic N) is 3. The number of amides is 1.